The van der Waals surface area contributed by atoms with Gasteiger partial charge in [-0.3, -0.25) is 4.68 Å². The molecule has 2 atom stereocenters. The van der Waals surface area contributed by atoms with Crippen molar-refractivity contribution in [3.8, 4) is 0 Å². The third-order valence-electron chi connectivity index (χ3n) is 1.98. The molecule has 4 N–H and O–H groups in total. The van der Waals surface area contributed by atoms with Crippen LogP contribution < -0.4 is 5.73 Å². The van der Waals surface area contributed by atoms with E-state index in [0.717, 1.165) is 0 Å². The minimum atomic E-state index is -0.971. The maximum atomic E-state index is 9.71. The number of anilines is 1. The fraction of sp³-hybridized carbons (Fsp3) is 0.625. The van der Waals surface area contributed by atoms with E-state index in [-0.39, 0.29) is 5.82 Å². The summed E-state index contributed by atoms with van der Waals surface area (Å²) in [6.07, 6.45) is 0.287. The molecule has 0 radical (unpaired) electrons. The number of hydrogen-bond acceptors (Lipinski definition) is 4. The molecule has 0 spiro atoms. The number of rotatable bonds is 4. The van der Waals surface area contributed by atoms with Crippen LogP contribution in [0.2, 0.25) is 0 Å². The first-order valence-corrected chi connectivity index (χ1v) is 5.39. The summed E-state index contributed by atoms with van der Waals surface area (Å²) < 4.78 is 1.51. The fourth-order valence-corrected chi connectivity index (χ4v) is 1.70. The second-order valence-corrected chi connectivity index (χ2v) is 3.93. The van der Waals surface area contributed by atoms with Crippen LogP contribution in [0.5, 0.6) is 0 Å². The Balaban J connectivity index is 2.77. The van der Waals surface area contributed by atoms with Crippen LogP contribution in [0, 0.1) is 0 Å². The molecule has 0 aliphatic carbocycles. The van der Waals surface area contributed by atoms with Crippen molar-refractivity contribution < 1.29 is 10.2 Å². The van der Waals surface area contributed by atoms with E-state index in [1.165, 1.54) is 4.68 Å². The topological polar surface area (TPSA) is 84.3 Å². The van der Waals surface area contributed by atoms with Gasteiger partial charge < -0.3 is 15.9 Å². The van der Waals surface area contributed by atoms with E-state index in [1.807, 2.05) is 0 Å². The van der Waals surface area contributed by atoms with Gasteiger partial charge >= 0.3 is 0 Å². The lowest BCUT2D eigenvalue weighted by molar-refractivity contribution is 0.0177. The Bertz CT molecular complexity index is 303. The number of nitrogens with zero attached hydrogens (tertiary/aromatic N) is 2. The highest BCUT2D eigenvalue weighted by Crippen LogP contribution is 2.23. The number of aliphatic hydroxyl groups excluding tert-OH is 2. The Labute approximate surface area is 90.7 Å². The number of nitrogens with two attached hydrogens (primary N) is 1. The summed E-state index contributed by atoms with van der Waals surface area (Å²) in [4.78, 5) is 0. The molecule has 1 aromatic heterocycles. The molecule has 5 nitrogen and oxygen atoms in total. The number of nitrogen functional groups attached to an aromatic ring is 1. The average Bonchev–Trinajstić information content (AvgIpc) is 2.44. The van der Waals surface area contributed by atoms with E-state index in [1.54, 1.807) is 13.2 Å². The lowest BCUT2D eigenvalue weighted by atomic mass is 10.1. The summed E-state index contributed by atoms with van der Waals surface area (Å²) in [6.45, 7) is 0. The molecule has 1 aromatic rings. The normalized spacial score (nSPS) is 15.4. The third kappa shape index (κ3) is 2.46. The molecular weight excluding hydrogens is 250 g/mol. The van der Waals surface area contributed by atoms with Gasteiger partial charge in [0.25, 0.3) is 0 Å². The van der Waals surface area contributed by atoms with Gasteiger partial charge in [-0.05, 0) is 6.42 Å². The van der Waals surface area contributed by atoms with Crippen LogP contribution in [0.15, 0.2) is 6.20 Å². The summed E-state index contributed by atoms with van der Waals surface area (Å²) in [5, 5.41) is 23.8. The van der Waals surface area contributed by atoms with Gasteiger partial charge in [-0.15, -0.1) is 0 Å². The highest BCUT2D eigenvalue weighted by molar-refractivity contribution is 9.09. The van der Waals surface area contributed by atoms with Crippen LogP contribution in [-0.2, 0) is 7.05 Å². The SMILES string of the molecule is Cn1cc(C(O)C(O)CCBr)c(N)n1. The summed E-state index contributed by atoms with van der Waals surface area (Å²) in [6, 6.07) is 0. The Hall–Kier alpha value is -0.590. The number of halogens is 1. The molecule has 0 saturated heterocycles. The van der Waals surface area contributed by atoms with Gasteiger partial charge in [0.2, 0.25) is 0 Å². The zero-order valence-electron chi connectivity index (χ0n) is 7.89. The van der Waals surface area contributed by atoms with E-state index in [4.69, 9.17) is 5.73 Å². The van der Waals surface area contributed by atoms with Gasteiger partial charge in [-0.25, -0.2) is 0 Å². The van der Waals surface area contributed by atoms with E-state index in [9.17, 15) is 10.2 Å². The largest absolute Gasteiger partial charge is 0.390 e. The lowest BCUT2D eigenvalue weighted by Gasteiger charge is -2.15. The number of aliphatic hydroxyl groups is 2. The molecule has 0 saturated carbocycles. The van der Waals surface area contributed by atoms with Crippen molar-refractivity contribution in [3.05, 3.63) is 11.8 Å². The first-order chi connectivity index (χ1) is 6.56. The van der Waals surface area contributed by atoms with Gasteiger partial charge in [0.15, 0.2) is 5.82 Å². The molecule has 2 unspecified atom stereocenters. The number of alkyl halides is 1. The van der Waals surface area contributed by atoms with Gasteiger partial charge in [-0.1, -0.05) is 15.9 Å². The van der Waals surface area contributed by atoms with Crippen LogP contribution in [-0.4, -0.2) is 31.4 Å². The Morgan fingerprint density at radius 2 is 2.29 bits per heavy atom. The summed E-state index contributed by atoms with van der Waals surface area (Å²) in [5.74, 6) is 0.258. The summed E-state index contributed by atoms with van der Waals surface area (Å²) in [5.41, 5.74) is 6.03. The zero-order chi connectivity index (χ0) is 10.7. The maximum Gasteiger partial charge on any atom is 0.151 e. The Morgan fingerprint density at radius 3 is 2.71 bits per heavy atom. The van der Waals surface area contributed by atoms with E-state index < -0.39 is 12.2 Å². The van der Waals surface area contributed by atoms with Crippen molar-refractivity contribution in [1.29, 1.82) is 0 Å². The maximum absolute atomic E-state index is 9.71. The van der Waals surface area contributed by atoms with Gasteiger partial charge in [0.05, 0.1) is 6.10 Å². The Morgan fingerprint density at radius 1 is 1.64 bits per heavy atom. The smallest absolute Gasteiger partial charge is 0.151 e. The molecule has 80 valence electrons. The van der Waals surface area contributed by atoms with Crippen molar-refractivity contribution in [2.45, 2.75) is 18.6 Å². The second kappa shape index (κ2) is 4.77. The van der Waals surface area contributed by atoms with E-state index in [2.05, 4.69) is 21.0 Å². The monoisotopic (exact) mass is 263 g/mol. The van der Waals surface area contributed by atoms with Crippen LogP contribution >= 0.6 is 15.9 Å². The highest BCUT2D eigenvalue weighted by atomic mass is 79.9. The number of hydrogen-bond donors (Lipinski definition) is 3. The van der Waals surface area contributed by atoms with Crippen molar-refractivity contribution in [2.24, 2.45) is 7.05 Å². The van der Waals surface area contributed by atoms with E-state index >= 15 is 0 Å². The number of aromatic nitrogens is 2. The van der Waals surface area contributed by atoms with Crippen LogP contribution in [0.1, 0.15) is 18.1 Å². The van der Waals surface area contributed by atoms with Crippen LogP contribution in [0.3, 0.4) is 0 Å². The highest BCUT2D eigenvalue weighted by Gasteiger charge is 2.21. The molecule has 1 rings (SSSR count). The standard InChI is InChI=1S/C8H14BrN3O2/c1-12-4-5(8(10)11-12)7(14)6(13)2-3-9/h4,6-7,13-14H,2-3H2,1H3,(H2,10,11). The van der Waals surface area contributed by atoms with E-state index in [0.29, 0.717) is 17.3 Å². The molecule has 0 bridgehead atoms. The van der Waals surface area contributed by atoms with Crippen LogP contribution in [0.4, 0.5) is 5.82 Å². The predicted octanol–water partition coefficient (Wildman–Crippen LogP) is 0.182. The first kappa shape index (κ1) is 11.5. The van der Waals surface area contributed by atoms with Gasteiger partial charge in [-0.2, -0.15) is 5.10 Å². The molecule has 0 aromatic carbocycles. The Kier molecular flexibility index (Phi) is 3.91. The minimum absolute atomic E-state index is 0.258. The van der Waals surface area contributed by atoms with Gasteiger partial charge in [0.1, 0.15) is 6.10 Å². The van der Waals surface area contributed by atoms with Crippen molar-refractivity contribution in [1.82, 2.24) is 9.78 Å². The predicted molar refractivity (Wildman–Crippen MR) is 57.0 cm³/mol. The average molecular weight is 264 g/mol. The molecule has 1 heterocycles. The fourth-order valence-electron chi connectivity index (χ4n) is 1.23. The number of aryl methyl sites for hydroxylation is 1. The van der Waals surface area contributed by atoms with Crippen molar-refractivity contribution in [3.63, 3.8) is 0 Å². The summed E-state index contributed by atoms with van der Waals surface area (Å²) in [7, 11) is 1.71. The second-order valence-electron chi connectivity index (χ2n) is 3.13. The quantitative estimate of drug-likeness (QED) is 0.677. The van der Waals surface area contributed by atoms with Crippen LogP contribution in [0.25, 0.3) is 0 Å². The molecule has 14 heavy (non-hydrogen) atoms. The van der Waals surface area contributed by atoms with Crippen molar-refractivity contribution >= 4 is 21.7 Å². The third-order valence-corrected chi connectivity index (χ3v) is 2.43. The summed E-state index contributed by atoms with van der Waals surface area (Å²) >= 11 is 3.19. The molecule has 0 aliphatic rings. The zero-order valence-corrected chi connectivity index (χ0v) is 9.48. The van der Waals surface area contributed by atoms with Gasteiger partial charge in [0, 0.05) is 24.1 Å². The molecular formula is C8H14BrN3O2. The lowest BCUT2D eigenvalue weighted by Crippen LogP contribution is -2.19. The molecule has 0 aliphatic heterocycles. The minimum Gasteiger partial charge on any atom is -0.390 e. The molecule has 0 amide bonds. The molecule has 0 fully saturated rings. The molecule has 6 heteroatoms. The van der Waals surface area contributed by atoms with Crippen molar-refractivity contribution in [2.75, 3.05) is 11.1 Å². The first-order valence-electron chi connectivity index (χ1n) is 4.27.